The Labute approximate surface area is 221 Å². The molecule has 5 N–H and O–H groups in total. The fourth-order valence-electron chi connectivity index (χ4n) is 4.43. The lowest BCUT2D eigenvalue weighted by atomic mass is 10.1. The molecule has 1 fully saturated rings. The van der Waals surface area contributed by atoms with Crippen LogP contribution >= 0.6 is 0 Å². The maximum absolute atomic E-state index is 12.7. The average molecular weight is 510 g/mol. The van der Waals surface area contributed by atoms with Crippen molar-refractivity contribution in [2.75, 3.05) is 33.9 Å². The molecular formula is C30H31N5O3. The van der Waals surface area contributed by atoms with Crippen LogP contribution in [0.3, 0.4) is 0 Å². The Morgan fingerprint density at radius 3 is 1.79 bits per heavy atom. The Hall–Kier alpha value is -4.56. The predicted molar refractivity (Wildman–Crippen MR) is 151 cm³/mol. The number of piperidine rings is 1. The summed E-state index contributed by atoms with van der Waals surface area (Å²) in [7, 11) is 0. The molecule has 8 nitrogen and oxygen atoms in total. The number of nitrogens with one attached hydrogen (secondary N) is 4. The summed E-state index contributed by atoms with van der Waals surface area (Å²) < 4.78 is 0. The summed E-state index contributed by atoms with van der Waals surface area (Å²) >= 11 is 0. The molecule has 0 spiro atoms. The van der Waals surface area contributed by atoms with E-state index in [0.29, 0.717) is 22.6 Å². The third-order valence-corrected chi connectivity index (χ3v) is 6.61. The molecule has 38 heavy (non-hydrogen) atoms. The number of nitrogens with zero attached hydrogens (tertiary/aromatic N) is 1. The zero-order valence-corrected chi connectivity index (χ0v) is 21.2. The largest absolute Gasteiger partial charge is 0.393 e. The minimum absolute atomic E-state index is 0.168. The lowest BCUT2D eigenvalue weighted by Gasteiger charge is -2.31. The van der Waals surface area contributed by atoms with Gasteiger partial charge < -0.3 is 30.9 Å². The molecule has 1 aliphatic heterocycles. The van der Waals surface area contributed by atoms with Crippen molar-refractivity contribution < 1.29 is 14.7 Å². The van der Waals surface area contributed by atoms with Crippen LogP contribution in [0.1, 0.15) is 39.4 Å². The zero-order chi connectivity index (χ0) is 26.5. The van der Waals surface area contributed by atoms with Gasteiger partial charge in [-0.1, -0.05) is 0 Å². The van der Waals surface area contributed by atoms with E-state index < -0.39 is 0 Å². The number of aliphatic hydroxyl groups is 1. The topological polar surface area (TPSA) is 109 Å². The molecule has 0 bridgehead atoms. The summed E-state index contributed by atoms with van der Waals surface area (Å²) in [6, 6.07) is 26.1. The highest BCUT2D eigenvalue weighted by atomic mass is 16.3. The second-order valence-electron chi connectivity index (χ2n) is 9.51. The Morgan fingerprint density at radius 1 is 0.737 bits per heavy atom. The van der Waals surface area contributed by atoms with E-state index in [1.54, 1.807) is 6.07 Å². The molecule has 1 aromatic heterocycles. The van der Waals surface area contributed by atoms with E-state index in [1.165, 1.54) is 0 Å². The molecule has 1 saturated heterocycles. The third-order valence-electron chi connectivity index (χ3n) is 6.61. The summed E-state index contributed by atoms with van der Waals surface area (Å²) in [6.45, 7) is 3.55. The molecule has 2 heterocycles. The predicted octanol–water partition coefficient (Wildman–Crippen LogP) is 5.53. The van der Waals surface area contributed by atoms with E-state index >= 15 is 0 Å². The van der Waals surface area contributed by atoms with Crippen LogP contribution in [0.15, 0.2) is 84.9 Å². The number of rotatable bonds is 7. The fourth-order valence-corrected chi connectivity index (χ4v) is 4.43. The Kier molecular flexibility index (Phi) is 7.42. The molecule has 0 unspecified atom stereocenters. The van der Waals surface area contributed by atoms with Gasteiger partial charge in [0.15, 0.2) is 0 Å². The number of benzene rings is 3. The van der Waals surface area contributed by atoms with Crippen LogP contribution in [0.5, 0.6) is 0 Å². The molecule has 3 aromatic carbocycles. The number of hydrogen-bond acceptors (Lipinski definition) is 5. The van der Waals surface area contributed by atoms with Crippen molar-refractivity contribution in [1.29, 1.82) is 0 Å². The molecule has 1 aliphatic rings. The highest BCUT2D eigenvalue weighted by Gasteiger charge is 2.17. The molecule has 2 amide bonds. The van der Waals surface area contributed by atoms with E-state index in [0.717, 1.165) is 48.7 Å². The maximum Gasteiger partial charge on any atom is 0.272 e. The van der Waals surface area contributed by atoms with Gasteiger partial charge in [0, 0.05) is 52.8 Å². The number of aromatic nitrogens is 1. The monoisotopic (exact) mass is 509 g/mol. The second kappa shape index (κ2) is 11.2. The van der Waals surface area contributed by atoms with Crippen molar-refractivity contribution in [3.8, 4) is 0 Å². The third kappa shape index (κ3) is 6.22. The summed E-state index contributed by atoms with van der Waals surface area (Å²) in [5.41, 5.74) is 6.26. The second-order valence-corrected chi connectivity index (χ2v) is 9.51. The van der Waals surface area contributed by atoms with Crippen molar-refractivity contribution in [3.05, 3.63) is 102 Å². The average Bonchev–Trinajstić information content (AvgIpc) is 3.38. The number of H-pyrrole nitrogens is 1. The summed E-state index contributed by atoms with van der Waals surface area (Å²) in [6.07, 6.45) is 1.33. The number of aromatic amines is 1. The molecule has 4 aromatic rings. The molecule has 8 heteroatoms. The highest BCUT2D eigenvalue weighted by molar-refractivity contribution is 6.04. The van der Waals surface area contributed by atoms with Crippen LogP contribution in [0.2, 0.25) is 0 Å². The van der Waals surface area contributed by atoms with Gasteiger partial charge in [0.25, 0.3) is 11.8 Å². The number of carbonyl (C=O) groups is 2. The van der Waals surface area contributed by atoms with Crippen molar-refractivity contribution in [2.45, 2.75) is 25.9 Å². The van der Waals surface area contributed by atoms with E-state index in [4.69, 9.17) is 0 Å². The Bertz CT molecular complexity index is 1390. The summed E-state index contributed by atoms with van der Waals surface area (Å²) in [5.74, 6) is -0.353. The number of carbonyl (C=O) groups excluding carboxylic acids is 2. The van der Waals surface area contributed by atoms with Crippen LogP contribution in [0.25, 0.3) is 0 Å². The van der Waals surface area contributed by atoms with E-state index in [1.807, 2.05) is 85.8 Å². The Balaban J connectivity index is 1.13. The first-order valence-corrected chi connectivity index (χ1v) is 12.7. The number of amides is 2. The lowest BCUT2D eigenvalue weighted by Crippen LogP contribution is -2.35. The number of aryl methyl sites for hydroxylation is 1. The number of hydrogen-bond donors (Lipinski definition) is 5. The maximum atomic E-state index is 12.7. The number of aliphatic hydroxyl groups excluding tert-OH is 1. The number of anilines is 5. The van der Waals surface area contributed by atoms with Crippen LogP contribution in [-0.2, 0) is 0 Å². The van der Waals surface area contributed by atoms with Gasteiger partial charge >= 0.3 is 0 Å². The first-order chi connectivity index (χ1) is 18.4. The van der Waals surface area contributed by atoms with Gasteiger partial charge in [-0.3, -0.25) is 9.59 Å². The first kappa shape index (κ1) is 25.1. The van der Waals surface area contributed by atoms with E-state index in [2.05, 4.69) is 25.8 Å². The quantitative estimate of drug-likeness (QED) is 0.225. The molecule has 0 saturated carbocycles. The van der Waals surface area contributed by atoms with Crippen LogP contribution in [-0.4, -0.2) is 41.1 Å². The summed E-state index contributed by atoms with van der Waals surface area (Å²) in [5, 5.41) is 18.8. The summed E-state index contributed by atoms with van der Waals surface area (Å²) in [4.78, 5) is 30.3. The van der Waals surface area contributed by atoms with Gasteiger partial charge in [0.05, 0.1) is 6.10 Å². The van der Waals surface area contributed by atoms with E-state index in [-0.39, 0.29) is 17.9 Å². The smallest absolute Gasteiger partial charge is 0.272 e. The zero-order valence-electron chi connectivity index (χ0n) is 21.2. The molecule has 194 valence electrons. The van der Waals surface area contributed by atoms with Gasteiger partial charge in [-0.15, -0.1) is 0 Å². The van der Waals surface area contributed by atoms with Crippen LogP contribution in [0, 0.1) is 6.92 Å². The molecule has 5 rings (SSSR count). The van der Waals surface area contributed by atoms with Gasteiger partial charge in [0.2, 0.25) is 0 Å². The van der Waals surface area contributed by atoms with Gasteiger partial charge in [-0.25, -0.2) is 0 Å². The SMILES string of the molecule is Cc1ccc(C(=O)Nc2ccc(Nc3ccc(NC(=O)c4ccc(N5CCC(O)CC5)cc4)cc3)cc2)[nH]1. The van der Waals surface area contributed by atoms with Crippen molar-refractivity contribution in [1.82, 2.24) is 4.98 Å². The van der Waals surface area contributed by atoms with Gasteiger partial charge in [-0.2, -0.15) is 0 Å². The van der Waals surface area contributed by atoms with Crippen molar-refractivity contribution in [2.24, 2.45) is 0 Å². The van der Waals surface area contributed by atoms with Crippen molar-refractivity contribution in [3.63, 3.8) is 0 Å². The molecule has 0 radical (unpaired) electrons. The molecule has 0 atom stereocenters. The minimum Gasteiger partial charge on any atom is -0.393 e. The van der Waals surface area contributed by atoms with Gasteiger partial charge in [0.1, 0.15) is 5.69 Å². The lowest BCUT2D eigenvalue weighted by molar-refractivity contribution is 0.101. The molecule has 0 aliphatic carbocycles. The molecular weight excluding hydrogens is 478 g/mol. The van der Waals surface area contributed by atoms with Crippen LogP contribution < -0.4 is 20.9 Å². The highest BCUT2D eigenvalue weighted by Crippen LogP contribution is 2.23. The van der Waals surface area contributed by atoms with Crippen LogP contribution in [0.4, 0.5) is 28.4 Å². The standard InChI is InChI=1S/C30H31N5O3/c1-20-2-15-28(31-20)30(38)34-25-11-7-23(8-12-25)32-22-5-9-24(10-6-22)33-29(37)21-3-13-26(14-4-21)35-18-16-27(36)17-19-35/h2-15,27,31-32,36H,16-19H2,1H3,(H,33,37)(H,34,38). The van der Waals surface area contributed by atoms with E-state index in [9.17, 15) is 14.7 Å². The first-order valence-electron chi connectivity index (χ1n) is 12.7. The normalized spacial score (nSPS) is 13.7. The van der Waals surface area contributed by atoms with Crippen molar-refractivity contribution >= 4 is 40.3 Å². The Morgan fingerprint density at radius 2 is 1.26 bits per heavy atom. The van der Waals surface area contributed by atoms with Gasteiger partial charge in [-0.05, 0) is 105 Å². The minimum atomic E-state index is -0.211. The fraction of sp³-hybridized carbons (Fsp3) is 0.200.